The summed E-state index contributed by atoms with van der Waals surface area (Å²) in [4.78, 5) is 1.03. The molecule has 0 N–H and O–H groups in total. The Morgan fingerprint density at radius 1 is 1.47 bits per heavy atom. The van der Waals surface area contributed by atoms with Gasteiger partial charge in [0.25, 0.3) is 0 Å². The molecule has 0 bridgehead atoms. The van der Waals surface area contributed by atoms with E-state index in [1.165, 1.54) is 18.9 Å². The van der Waals surface area contributed by atoms with E-state index in [4.69, 9.17) is 0 Å². The Bertz CT molecular complexity index is 291. The Labute approximate surface area is 104 Å². The Morgan fingerprint density at radius 3 is 2.87 bits per heavy atom. The molecule has 1 aromatic rings. The van der Waals surface area contributed by atoms with Crippen LogP contribution in [0.15, 0.2) is 29.2 Å². The number of rotatable bonds is 6. The predicted octanol–water partition coefficient (Wildman–Crippen LogP) is 4.73. The molecule has 0 nitrogen and oxygen atoms in total. The van der Waals surface area contributed by atoms with Gasteiger partial charge in [0.1, 0.15) is 5.82 Å². The normalized spacial score (nSPS) is 12.7. The van der Waals surface area contributed by atoms with E-state index in [-0.39, 0.29) is 5.82 Å². The van der Waals surface area contributed by atoms with Gasteiger partial charge in [0.15, 0.2) is 0 Å². The molecule has 1 atom stereocenters. The van der Waals surface area contributed by atoms with Gasteiger partial charge in [-0.1, -0.05) is 35.3 Å². The molecule has 3 heteroatoms. The van der Waals surface area contributed by atoms with Crippen molar-refractivity contribution in [1.82, 2.24) is 0 Å². The quantitative estimate of drug-likeness (QED) is 0.539. The summed E-state index contributed by atoms with van der Waals surface area (Å²) >= 11 is 5.25. The second kappa shape index (κ2) is 7.29. The first kappa shape index (κ1) is 13.0. The fourth-order valence-electron chi connectivity index (χ4n) is 1.38. The highest BCUT2D eigenvalue weighted by molar-refractivity contribution is 9.09. The topological polar surface area (TPSA) is 0 Å². The zero-order chi connectivity index (χ0) is 11.1. The molecule has 1 rings (SSSR count). The number of hydrogen-bond donors (Lipinski definition) is 0. The Kier molecular flexibility index (Phi) is 6.34. The summed E-state index contributed by atoms with van der Waals surface area (Å²) in [6.07, 6.45) is 2.44. The van der Waals surface area contributed by atoms with E-state index in [9.17, 15) is 4.39 Å². The molecule has 0 heterocycles. The zero-order valence-corrected chi connectivity index (χ0v) is 11.3. The third-order valence-electron chi connectivity index (χ3n) is 2.20. The molecule has 0 aliphatic carbocycles. The third-order valence-corrected chi connectivity index (χ3v) is 4.34. The Morgan fingerprint density at radius 2 is 2.27 bits per heavy atom. The van der Waals surface area contributed by atoms with Crippen LogP contribution in [0.25, 0.3) is 0 Å². The van der Waals surface area contributed by atoms with Crippen LogP contribution in [0.2, 0.25) is 0 Å². The van der Waals surface area contributed by atoms with E-state index in [1.807, 2.05) is 6.07 Å². The maximum absolute atomic E-state index is 12.9. The molecule has 0 spiro atoms. The van der Waals surface area contributed by atoms with Crippen molar-refractivity contribution in [1.29, 1.82) is 0 Å². The van der Waals surface area contributed by atoms with Gasteiger partial charge in [0, 0.05) is 16.0 Å². The highest BCUT2D eigenvalue weighted by Gasteiger charge is 2.06. The van der Waals surface area contributed by atoms with Crippen LogP contribution in [-0.4, -0.2) is 11.1 Å². The van der Waals surface area contributed by atoms with E-state index in [1.54, 1.807) is 23.9 Å². The fourth-order valence-corrected chi connectivity index (χ4v) is 3.32. The van der Waals surface area contributed by atoms with E-state index in [2.05, 4.69) is 22.9 Å². The highest BCUT2D eigenvalue weighted by Crippen LogP contribution is 2.24. The molecule has 0 saturated carbocycles. The van der Waals surface area contributed by atoms with Crippen LogP contribution in [0, 0.1) is 11.7 Å². The SMILES string of the molecule is CCCC(CBr)CSc1cccc(F)c1. The third kappa shape index (κ3) is 5.03. The smallest absolute Gasteiger partial charge is 0.124 e. The standard InChI is InChI=1S/C12H16BrFS/c1-2-4-10(8-13)9-15-12-6-3-5-11(14)7-12/h3,5-7,10H,2,4,8-9H2,1H3. The van der Waals surface area contributed by atoms with Gasteiger partial charge in [-0.05, 0) is 30.5 Å². The maximum atomic E-state index is 12.9. The summed E-state index contributed by atoms with van der Waals surface area (Å²) < 4.78 is 12.9. The van der Waals surface area contributed by atoms with E-state index in [0.29, 0.717) is 5.92 Å². The first-order valence-electron chi connectivity index (χ1n) is 5.20. The lowest BCUT2D eigenvalue weighted by Crippen LogP contribution is -2.04. The summed E-state index contributed by atoms with van der Waals surface area (Å²) in [5.41, 5.74) is 0. The molecule has 1 aromatic carbocycles. The van der Waals surface area contributed by atoms with Crippen molar-refractivity contribution in [2.24, 2.45) is 5.92 Å². The van der Waals surface area contributed by atoms with Gasteiger partial charge >= 0.3 is 0 Å². The molecule has 0 fully saturated rings. The molecule has 1 unspecified atom stereocenters. The second-order valence-corrected chi connectivity index (χ2v) is 5.32. The van der Waals surface area contributed by atoms with Crippen molar-refractivity contribution in [2.45, 2.75) is 24.7 Å². The van der Waals surface area contributed by atoms with Crippen molar-refractivity contribution >= 4 is 27.7 Å². The van der Waals surface area contributed by atoms with Crippen LogP contribution < -0.4 is 0 Å². The van der Waals surface area contributed by atoms with Crippen LogP contribution in [-0.2, 0) is 0 Å². The van der Waals surface area contributed by atoms with E-state index >= 15 is 0 Å². The number of benzene rings is 1. The van der Waals surface area contributed by atoms with Crippen molar-refractivity contribution in [3.63, 3.8) is 0 Å². The van der Waals surface area contributed by atoms with Gasteiger partial charge in [-0.2, -0.15) is 0 Å². The molecule has 0 saturated heterocycles. The summed E-state index contributed by atoms with van der Waals surface area (Å²) in [6.45, 7) is 2.20. The Balaban J connectivity index is 2.41. The number of alkyl halides is 1. The van der Waals surface area contributed by atoms with Gasteiger partial charge < -0.3 is 0 Å². The molecular weight excluding hydrogens is 275 g/mol. The first-order chi connectivity index (χ1) is 7.26. The van der Waals surface area contributed by atoms with E-state index < -0.39 is 0 Å². The summed E-state index contributed by atoms with van der Waals surface area (Å²) in [5.74, 6) is 1.59. The average molecular weight is 291 g/mol. The zero-order valence-electron chi connectivity index (χ0n) is 8.88. The minimum absolute atomic E-state index is 0.147. The molecule has 0 aromatic heterocycles. The minimum Gasteiger partial charge on any atom is -0.207 e. The van der Waals surface area contributed by atoms with Crippen molar-refractivity contribution in [3.05, 3.63) is 30.1 Å². The lowest BCUT2D eigenvalue weighted by molar-refractivity contribution is 0.597. The molecule has 15 heavy (non-hydrogen) atoms. The van der Waals surface area contributed by atoms with Crippen molar-refractivity contribution in [3.8, 4) is 0 Å². The summed E-state index contributed by atoms with van der Waals surface area (Å²) in [6, 6.07) is 6.81. The van der Waals surface area contributed by atoms with Gasteiger partial charge in [0.2, 0.25) is 0 Å². The first-order valence-corrected chi connectivity index (χ1v) is 7.31. The van der Waals surface area contributed by atoms with Crippen LogP contribution in [0.3, 0.4) is 0 Å². The summed E-state index contributed by atoms with van der Waals surface area (Å²) in [5, 5.41) is 1.03. The van der Waals surface area contributed by atoms with Gasteiger partial charge in [-0.3, -0.25) is 0 Å². The van der Waals surface area contributed by atoms with Crippen LogP contribution in [0.4, 0.5) is 4.39 Å². The average Bonchev–Trinajstić information content (AvgIpc) is 2.24. The monoisotopic (exact) mass is 290 g/mol. The molecular formula is C12H16BrFS. The van der Waals surface area contributed by atoms with E-state index in [0.717, 1.165) is 16.0 Å². The molecule has 0 aliphatic heterocycles. The molecule has 0 aliphatic rings. The van der Waals surface area contributed by atoms with Crippen molar-refractivity contribution < 1.29 is 4.39 Å². The van der Waals surface area contributed by atoms with Crippen LogP contribution in [0.5, 0.6) is 0 Å². The largest absolute Gasteiger partial charge is 0.207 e. The van der Waals surface area contributed by atoms with Gasteiger partial charge in [-0.15, -0.1) is 11.8 Å². The molecule has 0 radical (unpaired) electrons. The van der Waals surface area contributed by atoms with Crippen molar-refractivity contribution in [2.75, 3.05) is 11.1 Å². The lowest BCUT2D eigenvalue weighted by Gasteiger charge is -2.11. The highest BCUT2D eigenvalue weighted by atomic mass is 79.9. The second-order valence-electron chi connectivity index (χ2n) is 3.58. The molecule has 0 amide bonds. The lowest BCUT2D eigenvalue weighted by atomic mass is 10.1. The predicted molar refractivity (Wildman–Crippen MR) is 69.3 cm³/mol. The number of halogens is 2. The van der Waals surface area contributed by atoms with Crippen LogP contribution in [0.1, 0.15) is 19.8 Å². The van der Waals surface area contributed by atoms with Gasteiger partial charge in [0.05, 0.1) is 0 Å². The fraction of sp³-hybridized carbons (Fsp3) is 0.500. The van der Waals surface area contributed by atoms with Gasteiger partial charge in [-0.25, -0.2) is 4.39 Å². The van der Waals surface area contributed by atoms with Crippen LogP contribution >= 0.6 is 27.7 Å². The maximum Gasteiger partial charge on any atom is 0.124 e. The number of hydrogen-bond acceptors (Lipinski definition) is 1. The minimum atomic E-state index is -0.147. The number of thioether (sulfide) groups is 1. The molecule has 84 valence electrons. The Hall–Kier alpha value is -0.0200. The summed E-state index contributed by atoms with van der Waals surface area (Å²) in [7, 11) is 0.